The second-order valence-corrected chi connectivity index (χ2v) is 5.78. The molecule has 8 heteroatoms. The van der Waals surface area contributed by atoms with Crippen molar-refractivity contribution >= 4 is 11.6 Å². The number of aryl methyl sites for hydroxylation is 3. The lowest BCUT2D eigenvalue weighted by Crippen LogP contribution is -2.37. The van der Waals surface area contributed by atoms with Gasteiger partial charge in [0, 0.05) is 44.5 Å². The molecule has 1 aromatic carbocycles. The third kappa shape index (κ3) is 5.59. The number of non-ortho nitro benzene ring substituents is 1. The molecule has 0 aliphatic rings. The molecule has 0 fully saturated rings. The van der Waals surface area contributed by atoms with Crippen molar-refractivity contribution in [1.82, 2.24) is 20.4 Å². The monoisotopic (exact) mass is 344 g/mol. The van der Waals surface area contributed by atoms with E-state index in [0.717, 1.165) is 36.5 Å². The first kappa shape index (κ1) is 18.4. The number of hydrogen-bond donors (Lipinski definition) is 2. The minimum Gasteiger partial charge on any atom is -0.356 e. The number of benzene rings is 1. The van der Waals surface area contributed by atoms with Crippen LogP contribution in [0.3, 0.4) is 0 Å². The average molecular weight is 344 g/mol. The molecular formula is C17H24N6O2. The van der Waals surface area contributed by atoms with Crippen molar-refractivity contribution in [3.05, 3.63) is 57.4 Å². The third-order valence-corrected chi connectivity index (χ3v) is 3.77. The zero-order valence-electron chi connectivity index (χ0n) is 14.8. The molecule has 2 N–H and O–H groups in total. The van der Waals surface area contributed by atoms with Gasteiger partial charge in [0.05, 0.1) is 10.6 Å². The number of guanidine groups is 1. The summed E-state index contributed by atoms with van der Waals surface area (Å²) in [7, 11) is 1.71. The summed E-state index contributed by atoms with van der Waals surface area (Å²) in [6.07, 6.45) is 0.931. The first-order chi connectivity index (χ1) is 12.0. The number of aromatic nitrogens is 2. The highest BCUT2D eigenvalue weighted by molar-refractivity contribution is 5.79. The van der Waals surface area contributed by atoms with E-state index in [9.17, 15) is 10.1 Å². The van der Waals surface area contributed by atoms with Crippen LogP contribution in [0.5, 0.6) is 0 Å². The van der Waals surface area contributed by atoms with E-state index in [4.69, 9.17) is 0 Å². The quantitative estimate of drug-likeness (QED) is 0.264. The van der Waals surface area contributed by atoms with Crippen LogP contribution in [0.1, 0.15) is 23.4 Å². The Hall–Kier alpha value is -2.90. The van der Waals surface area contributed by atoms with Crippen molar-refractivity contribution in [3.63, 3.8) is 0 Å². The first-order valence-electron chi connectivity index (χ1n) is 8.18. The summed E-state index contributed by atoms with van der Waals surface area (Å²) in [4.78, 5) is 14.4. The summed E-state index contributed by atoms with van der Waals surface area (Å²) < 4.78 is 2.00. The number of aliphatic imine (C=N–C) groups is 1. The van der Waals surface area contributed by atoms with Gasteiger partial charge in [-0.1, -0.05) is 12.1 Å². The first-order valence-corrected chi connectivity index (χ1v) is 8.18. The molecule has 2 aromatic rings. The lowest BCUT2D eigenvalue weighted by Gasteiger charge is -2.12. The van der Waals surface area contributed by atoms with Crippen molar-refractivity contribution in [2.75, 3.05) is 13.6 Å². The van der Waals surface area contributed by atoms with E-state index < -0.39 is 4.92 Å². The summed E-state index contributed by atoms with van der Waals surface area (Å²) in [5.74, 6) is 0.701. The molecule has 25 heavy (non-hydrogen) atoms. The Balaban J connectivity index is 1.73. The van der Waals surface area contributed by atoms with Crippen LogP contribution in [0.2, 0.25) is 0 Å². The number of nitrogens with one attached hydrogen (secondary N) is 2. The zero-order chi connectivity index (χ0) is 18.2. The van der Waals surface area contributed by atoms with Gasteiger partial charge >= 0.3 is 0 Å². The Morgan fingerprint density at radius 3 is 2.56 bits per heavy atom. The zero-order valence-corrected chi connectivity index (χ0v) is 14.8. The molecule has 0 atom stereocenters. The van der Waals surface area contributed by atoms with Gasteiger partial charge in [0.1, 0.15) is 0 Å². The Bertz CT molecular complexity index is 736. The van der Waals surface area contributed by atoms with Crippen LogP contribution in [-0.2, 0) is 13.1 Å². The van der Waals surface area contributed by atoms with Crippen LogP contribution in [0.15, 0.2) is 35.3 Å². The molecule has 0 aliphatic carbocycles. The van der Waals surface area contributed by atoms with Crippen molar-refractivity contribution in [2.24, 2.45) is 4.99 Å². The minimum absolute atomic E-state index is 0.0930. The molecule has 1 heterocycles. The molecule has 2 rings (SSSR count). The topological polar surface area (TPSA) is 97.4 Å². The van der Waals surface area contributed by atoms with E-state index in [2.05, 4.69) is 33.7 Å². The molecule has 0 saturated heterocycles. The van der Waals surface area contributed by atoms with Crippen molar-refractivity contribution in [1.29, 1.82) is 0 Å². The lowest BCUT2D eigenvalue weighted by molar-refractivity contribution is -0.384. The van der Waals surface area contributed by atoms with Gasteiger partial charge in [0.25, 0.3) is 5.69 Å². The van der Waals surface area contributed by atoms with E-state index in [1.165, 1.54) is 12.1 Å². The van der Waals surface area contributed by atoms with Gasteiger partial charge in [-0.3, -0.25) is 19.8 Å². The standard InChI is InChI=1S/C17H24N6O2/c1-13-11-14(2)22(21-13)10-4-9-19-17(18-3)20-12-15-5-7-16(8-6-15)23(24)25/h5-8,11H,4,9-10,12H2,1-3H3,(H2,18,19,20). The summed E-state index contributed by atoms with van der Waals surface area (Å²) in [5, 5.41) is 21.5. The van der Waals surface area contributed by atoms with Crippen LogP contribution in [-0.4, -0.2) is 34.3 Å². The summed E-state index contributed by atoms with van der Waals surface area (Å²) in [6, 6.07) is 8.55. The maximum Gasteiger partial charge on any atom is 0.269 e. The number of nitrogens with zero attached hydrogens (tertiary/aromatic N) is 4. The second-order valence-electron chi connectivity index (χ2n) is 5.78. The maximum absolute atomic E-state index is 10.7. The van der Waals surface area contributed by atoms with Crippen LogP contribution in [0, 0.1) is 24.0 Å². The number of rotatable bonds is 7. The molecule has 0 spiro atoms. The van der Waals surface area contributed by atoms with Crippen molar-refractivity contribution < 1.29 is 4.92 Å². The summed E-state index contributed by atoms with van der Waals surface area (Å²) in [5.41, 5.74) is 3.25. The Labute approximate surface area is 147 Å². The molecule has 0 amide bonds. The molecule has 8 nitrogen and oxygen atoms in total. The highest BCUT2D eigenvalue weighted by atomic mass is 16.6. The number of hydrogen-bond acceptors (Lipinski definition) is 4. The molecule has 0 bridgehead atoms. The summed E-state index contributed by atoms with van der Waals surface area (Å²) in [6.45, 7) is 6.23. The predicted octanol–water partition coefficient (Wildman–Crippen LogP) is 2.16. The number of nitro benzene ring substituents is 1. The van der Waals surface area contributed by atoms with Crippen LogP contribution >= 0.6 is 0 Å². The van der Waals surface area contributed by atoms with Crippen LogP contribution in [0.4, 0.5) is 5.69 Å². The average Bonchev–Trinajstić information content (AvgIpc) is 2.92. The maximum atomic E-state index is 10.7. The Kier molecular flexibility index (Phi) is 6.50. The second kappa shape index (κ2) is 8.81. The Morgan fingerprint density at radius 2 is 2.00 bits per heavy atom. The van der Waals surface area contributed by atoms with Gasteiger partial charge in [-0.25, -0.2) is 0 Å². The molecule has 0 aliphatic heterocycles. The number of nitro groups is 1. The normalized spacial score (nSPS) is 11.4. The molecule has 134 valence electrons. The molecule has 0 saturated carbocycles. The fraction of sp³-hybridized carbons (Fsp3) is 0.412. The SMILES string of the molecule is CN=C(NCCCn1nc(C)cc1C)NCc1ccc([N+](=O)[O-])cc1. The molecule has 1 aromatic heterocycles. The van der Waals surface area contributed by atoms with Crippen molar-refractivity contribution in [2.45, 2.75) is 33.4 Å². The molecular weight excluding hydrogens is 320 g/mol. The minimum atomic E-state index is -0.402. The highest BCUT2D eigenvalue weighted by Gasteiger charge is 2.05. The fourth-order valence-electron chi connectivity index (χ4n) is 2.48. The van der Waals surface area contributed by atoms with Gasteiger partial charge in [0.2, 0.25) is 0 Å². The van der Waals surface area contributed by atoms with Crippen LogP contribution in [0.25, 0.3) is 0 Å². The largest absolute Gasteiger partial charge is 0.356 e. The van der Waals surface area contributed by atoms with E-state index in [0.29, 0.717) is 12.5 Å². The van der Waals surface area contributed by atoms with Gasteiger partial charge in [0.15, 0.2) is 5.96 Å². The van der Waals surface area contributed by atoms with E-state index in [1.807, 2.05) is 11.6 Å². The van der Waals surface area contributed by atoms with E-state index in [1.54, 1.807) is 19.2 Å². The van der Waals surface area contributed by atoms with Gasteiger partial charge in [-0.05, 0) is 31.9 Å². The lowest BCUT2D eigenvalue weighted by atomic mass is 10.2. The Morgan fingerprint density at radius 1 is 1.28 bits per heavy atom. The van der Waals surface area contributed by atoms with E-state index in [-0.39, 0.29) is 5.69 Å². The third-order valence-electron chi connectivity index (χ3n) is 3.77. The predicted molar refractivity (Wildman–Crippen MR) is 97.6 cm³/mol. The summed E-state index contributed by atoms with van der Waals surface area (Å²) >= 11 is 0. The molecule has 0 radical (unpaired) electrons. The molecule has 0 unspecified atom stereocenters. The van der Waals surface area contributed by atoms with Crippen LogP contribution < -0.4 is 10.6 Å². The van der Waals surface area contributed by atoms with Crippen molar-refractivity contribution in [3.8, 4) is 0 Å². The van der Waals surface area contributed by atoms with Gasteiger partial charge in [-0.2, -0.15) is 5.10 Å². The fourth-order valence-corrected chi connectivity index (χ4v) is 2.48. The smallest absolute Gasteiger partial charge is 0.269 e. The van der Waals surface area contributed by atoms with Gasteiger partial charge in [-0.15, -0.1) is 0 Å². The van der Waals surface area contributed by atoms with Gasteiger partial charge < -0.3 is 10.6 Å². The highest BCUT2D eigenvalue weighted by Crippen LogP contribution is 2.11. The van der Waals surface area contributed by atoms with E-state index >= 15 is 0 Å².